The summed E-state index contributed by atoms with van der Waals surface area (Å²) < 4.78 is 0. The lowest BCUT2D eigenvalue weighted by Gasteiger charge is -2.14. The van der Waals surface area contributed by atoms with Crippen molar-refractivity contribution in [2.45, 2.75) is 46.5 Å². The van der Waals surface area contributed by atoms with Gasteiger partial charge in [-0.25, -0.2) is 5.48 Å². The van der Waals surface area contributed by atoms with E-state index in [4.69, 9.17) is 4.84 Å². The predicted molar refractivity (Wildman–Crippen MR) is 53.1 cm³/mol. The van der Waals surface area contributed by atoms with E-state index >= 15 is 0 Å². The van der Waals surface area contributed by atoms with Crippen LogP contribution in [0.4, 0.5) is 0 Å². The van der Waals surface area contributed by atoms with Crippen LogP contribution in [-0.2, 0) is 9.63 Å². The molecule has 1 N–H and O–H groups in total. The zero-order valence-electron chi connectivity index (χ0n) is 8.93. The molecule has 0 atom stereocenters. The molecular formula is C10H21NO2. The van der Waals surface area contributed by atoms with Gasteiger partial charge in [-0.1, -0.05) is 26.7 Å². The molecule has 78 valence electrons. The molecule has 0 heterocycles. The van der Waals surface area contributed by atoms with Gasteiger partial charge in [-0.15, -0.1) is 0 Å². The molecule has 0 fully saturated rings. The van der Waals surface area contributed by atoms with E-state index in [0.717, 1.165) is 25.7 Å². The van der Waals surface area contributed by atoms with Crippen molar-refractivity contribution < 1.29 is 9.63 Å². The quantitative estimate of drug-likeness (QED) is 0.621. The van der Waals surface area contributed by atoms with Crippen molar-refractivity contribution in [3.05, 3.63) is 0 Å². The van der Waals surface area contributed by atoms with Crippen molar-refractivity contribution in [1.29, 1.82) is 0 Å². The molecule has 0 bridgehead atoms. The molecule has 0 aromatic heterocycles. The average Bonchev–Trinajstić information content (AvgIpc) is 2.14. The fourth-order valence-corrected chi connectivity index (χ4v) is 1.33. The summed E-state index contributed by atoms with van der Waals surface area (Å²) in [7, 11) is 0. The summed E-state index contributed by atoms with van der Waals surface area (Å²) in [5.74, 6) is 0.159. The van der Waals surface area contributed by atoms with E-state index in [9.17, 15) is 4.79 Å². The second-order valence-corrected chi connectivity index (χ2v) is 3.17. The third-order valence-electron chi connectivity index (χ3n) is 1.96. The Bertz CT molecular complexity index is 131. The summed E-state index contributed by atoms with van der Waals surface area (Å²) in [5, 5.41) is 0. The monoisotopic (exact) mass is 187 g/mol. The van der Waals surface area contributed by atoms with Crippen LogP contribution in [0.15, 0.2) is 0 Å². The van der Waals surface area contributed by atoms with Crippen molar-refractivity contribution in [2.75, 3.05) is 6.61 Å². The molecule has 0 aromatic carbocycles. The molecule has 0 unspecified atom stereocenters. The van der Waals surface area contributed by atoms with Crippen LogP contribution in [-0.4, -0.2) is 12.5 Å². The van der Waals surface area contributed by atoms with E-state index in [1.807, 2.05) is 6.92 Å². The fraction of sp³-hybridized carbons (Fsp3) is 0.900. The molecule has 0 aliphatic carbocycles. The van der Waals surface area contributed by atoms with Crippen LogP contribution in [0, 0.1) is 5.92 Å². The fourth-order valence-electron chi connectivity index (χ4n) is 1.33. The van der Waals surface area contributed by atoms with Gasteiger partial charge in [0.15, 0.2) is 0 Å². The molecule has 3 heteroatoms. The van der Waals surface area contributed by atoms with E-state index in [0.29, 0.717) is 6.61 Å². The summed E-state index contributed by atoms with van der Waals surface area (Å²) in [4.78, 5) is 16.3. The van der Waals surface area contributed by atoms with E-state index < -0.39 is 0 Å². The molecular weight excluding hydrogens is 166 g/mol. The van der Waals surface area contributed by atoms with Crippen molar-refractivity contribution in [1.82, 2.24) is 5.48 Å². The molecule has 0 rings (SSSR count). The van der Waals surface area contributed by atoms with E-state index in [1.54, 1.807) is 0 Å². The largest absolute Gasteiger partial charge is 0.274 e. The number of hydroxylamine groups is 1. The summed E-state index contributed by atoms with van der Waals surface area (Å²) in [6, 6.07) is 0. The van der Waals surface area contributed by atoms with Gasteiger partial charge in [-0.2, -0.15) is 0 Å². The van der Waals surface area contributed by atoms with Crippen LogP contribution in [0.3, 0.4) is 0 Å². The Labute approximate surface area is 80.8 Å². The third kappa shape index (κ3) is 5.64. The van der Waals surface area contributed by atoms with Crippen LogP contribution in [0.2, 0.25) is 0 Å². The summed E-state index contributed by atoms with van der Waals surface area (Å²) in [6.07, 6.45) is 3.99. The number of rotatable bonds is 7. The first-order valence-electron chi connectivity index (χ1n) is 5.17. The van der Waals surface area contributed by atoms with Crippen LogP contribution in [0.25, 0.3) is 0 Å². The standard InChI is InChI=1S/C10H21NO2/c1-4-7-9(8-5-2)10(12)11-13-6-3/h9H,4-8H2,1-3H3,(H,11,12). The van der Waals surface area contributed by atoms with Gasteiger partial charge in [-0.3, -0.25) is 9.63 Å². The topological polar surface area (TPSA) is 38.3 Å². The molecule has 3 nitrogen and oxygen atoms in total. The predicted octanol–water partition coefficient (Wildman–Crippen LogP) is 2.27. The first kappa shape index (κ1) is 12.4. The van der Waals surface area contributed by atoms with Gasteiger partial charge >= 0.3 is 0 Å². The number of hydrogen-bond donors (Lipinski definition) is 1. The van der Waals surface area contributed by atoms with Gasteiger partial charge < -0.3 is 0 Å². The van der Waals surface area contributed by atoms with E-state index in [2.05, 4.69) is 19.3 Å². The molecule has 13 heavy (non-hydrogen) atoms. The van der Waals surface area contributed by atoms with Crippen molar-refractivity contribution >= 4 is 5.91 Å². The maximum Gasteiger partial charge on any atom is 0.246 e. The Morgan fingerprint density at radius 2 is 1.77 bits per heavy atom. The summed E-state index contributed by atoms with van der Waals surface area (Å²) in [5.41, 5.74) is 2.46. The maximum atomic E-state index is 11.4. The zero-order valence-corrected chi connectivity index (χ0v) is 8.93. The number of carbonyl (C=O) groups excluding carboxylic acids is 1. The van der Waals surface area contributed by atoms with Crippen LogP contribution in [0.5, 0.6) is 0 Å². The van der Waals surface area contributed by atoms with Crippen molar-refractivity contribution in [3.63, 3.8) is 0 Å². The summed E-state index contributed by atoms with van der Waals surface area (Å²) in [6.45, 7) is 6.57. The Morgan fingerprint density at radius 1 is 1.23 bits per heavy atom. The van der Waals surface area contributed by atoms with Crippen LogP contribution < -0.4 is 5.48 Å². The third-order valence-corrected chi connectivity index (χ3v) is 1.96. The van der Waals surface area contributed by atoms with Crippen LogP contribution >= 0.6 is 0 Å². The second-order valence-electron chi connectivity index (χ2n) is 3.17. The minimum atomic E-state index is 0.0329. The minimum Gasteiger partial charge on any atom is -0.274 e. The molecule has 1 amide bonds. The normalized spacial score (nSPS) is 10.5. The lowest BCUT2D eigenvalue weighted by molar-refractivity contribution is -0.137. The number of amides is 1. The number of hydrogen-bond acceptors (Lipinski definition) is 2. The minimum absolute atomic E-state index is 0.0329. The van der Waals surface area contributed by atoms with Gasteiger partial charge in [0.05, 0.1) is 6.61 Å². The Morgan fingerprint density at radius 3 is 2.15 bits per heavy atom. The molecule has 0 aromatic rings. The molecule has 0 saturated carbocycles. The van der Waals surface area contributed by atoms with Crippen LogP contribution in [0.1, 0.15) is 46.5 Å². The highest BCUT2D eigenvalue weighted by atomic mass is 16.6. The van der Waals surface area contributed by atoms with Crippen molar-refractivity contribution in [3.8, 4) is 0 Å². The van der Waals surface area contributed by atoms with Gasteiger partial charge in [0.1, 0.15) is 0 Å². The van der Waals surface area contributed by atoms with Gasteiger partial charge in [0, 0.05) is 5.92 Å². The highest BCUT2D eigenvalue weighted by Gasteiger charge is 2.15. The Balaban J connectivity index is 3.80. The maximum absolute atomic E-state index is 11.4. The Kier molecular flexibility index (Phi) is 7.69. The SMILES string of the molecule is CCCC(CCC)C(=O)NOCC. The van der Waals surface area contributed by atoms with Gasteiger partial charge in [-0.05, 0) is 19.8 Å². The highest BCUT2D eigenvalue weighted by molar-refractivity contribution is 5.77. The van der Waals surface area contributed by atoms with E-state index in [1.165, 1.54) is 0 Å². The molecule has 0 saturated heterocycles. The smallest absolute Gasteiger partial charge is 0.246 e. The summed E-state index contributed by atoms with van der Waals surface area (Å²) >= 11 is 0. The molecule has 0 radical (unpaired) electrons. The highest BCUT2D eigenvalue weighted by Crippen LogP contribution is 2.13. The van der Waals surface area contributed by atoms with Crippen molar-refractivity contribution in [2.24, 2.45) is 5.92 Å². The second kappa shape index (κ2) is 8.05. The Hall–Kier alpha value is -0.570. The number of carbonyl (C=O) groups is 1. The lowest BCUT2D eigenvalue weighted by Crippen LogP contribution is -2.30. The van der Waals surface area contributed by atoms with E-state index in [-0.39, 0.29) is 11.8 Å². The van der Waals surface area contributed by atoms with Gasteiger partial charge in [0.25, 0.3) is 0 Å². The van der Waals surface area contributed by atoms with Gasteiger partial charge in [0.2, 0.25) is 5.91 Å². The molecule has 0 aliphatic rings. The lowest BCUT2D eigenvalue weighted by atomic mass is 9.98. The average molecular weight is 187 g/mol. The molecule has 0 aliphatic heterocycles. The first-order valence-corrected chi connectivity index (χ1v) is 5.17. The first-order chi connectivity index (χ1) is 6.26. The zero-order chi connectivity index (χ0) is 10.1. The number of nitrogens with one attached hydrogen (secondary N) is 1. The molecule has 0 spiro atoms.